The van der Waals surface area contributed by atoms with E-state index in [0.29, 0.717) is 4.74 Å². The maximum absolute atomic E-state index is 12.1. The number of Topliss-reactive ketones (excluding diaryl/α,β-unsaturated/α-hetero) is 1. The molecule has 0 spiro atoms. The molecule has 2 heterocycles. The highest BCUT2D eigenvalue weighted by atomic mass is 79.9. The van der Waals surface area contributed by atoms with E-state index in [1.54, 1.807) is 11.9 Å². The van der Waals surface area contributed by atoms with E-state index in [1.807, 2.05) is 0 Å². The Balaban J connectivity index is 2.35. The summed E-state index contributed by atoms with van der Waals surface area (Å²) in [6.07, 6.45) is -0.574. The number of halogens is 1. The Bertz CT molecular complexity index is 464. The van der Waals surface area contributed by atoms with Gasteiger partial charge in [-0.25, -0.2) is 9.79 Å². The summed E-state index contributed by atoms with van der Waals surface area (Å²) in [5.74, 6) is -0.416. The lowest BCUT2D eigenvalue weighted by atomic mass is 10.1. The summed E-state index contributed by atoms with van der Waals surface area (Å²) in [5.41, 5.74) is 0. The van der Waals surface area contributed by atoms with E-state index in [-0.39, 0.29) is 18.2 Å². The Kier molecular flexibility index (Phi) is 3.14. The first-order chi connectivity index (χ1) is 8.34. The van der Waals surface area contributed by atoms with Gasteiger partial charge in [-0.15, -0.1) is 0 Å². The molecule has 2 rings (SSSR count). The number of carbonyl (C=O) groups excluding carboxylic acids is 3. The average Bonchev–Trinajstić information content (AvgIpc) is 2.61. The van der Waals surface area contributed by atoms with Crippen LogP contribution >= 0.6 is 15.9 Å². The van der Waals surface area contributed by atoms with Crippen LogP contribution in [-0.2, 0) is 9.59 Å². The van der Waals surface area contributed by atoms with E-state index in [9.17, 15) is 14.4 Å². The minimum atomic E-state index is -0.629. The zero-order valence-electron chi connectivity index (χ0n) is 10.3. The Morgan fingerprint density at radius 2 is 2.00 bits per heavy atom. The molecule has 98 valence electrons. The van der Waals surface area contributed by atoms with Gasteiger partial charge in [-0.2, -0.15) is 0 Å². The summed E-state index contributed by atoms with van der Waals surface area (Å²) < 4.78 is 0.427. The van der Waals surface area contributed by atoms with Crippen LogP contribution in [0, 0.1) is 0 Å². The van der Waals surface area contributed by atoms with Gasteiger partial charge in [-0.3, -0.25) is 14.5 Å². The van der Waals surface area contributed by atoms with Crippen molar-refractivity contribution in [2.24, 2.45) is 4.99 Å². The maximum atomic E-state index is 12.1. The first-order valence-corrected chi connectivity index (χ1v) is 6.17. The number of nitrogens with zero attached hydrogens (tertiary/aromatic N) is 4. The summed E-state index contributed by atoms with van der Waals surface area (Å²) in [6, 6.07) is -1.02. The SMILES string of the molecule is CC(=O)CN1C(Br)=NC2C1C(=O)N(C)C(=O)N2C. The van der Waals surface area contributed by atoms with Crippen molar-refractivity contribution in [3.8, 4) is 0 Å². The molecule has 1 fully saturated rings. The third-order valence-corrected chi connectivity index (χ3v) is 3.72. The Morgan fingerprint density at radius 3 is 2.56 bits per heavy atom. The largest absolute Gasteiger partial charge is 0.328 e. The third-order valence-electron chi connectivity index (χ3n) is 3.06. The molecule has 2 aliphatic rings. The van der Waals surface area contributed by atoms with Gasteiger partial charge < -0.3 is 9.80 Å². The highest BCUT2D eigenvalue weighted by Crippen LogP contribution is 2.28. The normalized spacial score (nSPS) is 27.6. The number of hydrogen-bond acceptors (Lipinski definition) is 5. The molecule has 2 atom stereocenters. The predicted octanol–water partition coefficient (Wildman–Crippen LogP) is -0.140. The van der Waals surface area contributed by atoms with Crippen molar-refractivity contribution in [2.75, 3.05) is 20.6 Å². The van der Waals surface area contributed by atoms with Crippen LogP contribution in [0.4, 0.5) is 4.79 Å². The van der Waals surface area contributed by atoms with Crippen molar-refractivity contribution in [3.05, 3.63) is 0 Å². The number of imide groups is 1. The summed E-state index contributed by atoms with van der Waals surface area (Å²) in [5, 5.41) is 0. The monoisotopic (exact) mass is 316 g/mol. The second-order valence-corrected chi connectivity index (χ2v) is 5.09. The number of fused-ring (bicyclic) bond motifs is 1. The molecule has 7 nitrogen and oxygen atoms in total. The zero-order valence-corrected chi connectivity index (χ0v) is 11.8. The molecular formula is C10H13BrN4O3. The van der Waals surface area contributed by atoms with Crippen molar-refractivity contribution >= 4 is 38.4 Å². The Labute approximate surface area is 113 Å². The quantitative estimate of drug-likeness (QED) is 0.665. The van der Waals surface area contributed by atoms with Crippen molar-refractivity contribution in [3.63, 3.8) is 0 Å². The number of likely N-dealkylation sites (N-methyl/N-ethyl adjacent to an activating group) is 2. The number of carbonyl (C=O) groups is 3. The molecular weight excluding hydrogens is 304 g/mol. The molecule has 2 unspecified atom stereocenters. The van der Waals surface area contributed by atoms with Crippen molar-refractivity contribution in [1.82, 2.24) is 14.7 Å². The number of aliphatic imine (C=N–C) groups is 1. The number of hydrogen-bond donors (Lipinski definition) is 0. The van der Waals surface area contributed by atoms with Gasteiger partial charge in [0.2, 0.25) is 0 Å². The summed E-state index contributed by atoms with van der Waals surface area (Å²) in [4.78, 5) is 43.4. The molecule has 0 radical (unpaired) electrons. The van der Waals surface area contributed by atoms with Gasteiger partial charge in [0, 0.05) is 14.1 Å². The lowest BCUT2D eigenvalue weighted by molar-refractivity contribution is -0.136. The second kappa shape index (κ2) is 4.34. The van der Waals surface area contributed by atoms with E-state index in [4.69, 9.17) is 0 Å². The van der Waals surface area contributed by atoms with Gasteiger partial charge in [-0.1, -0.05) is 0 Å². The van der Waals surface area contributed by atoms with Crippen LogP contribution in [0.3, 0.4) is 0 Å². The van der Waals surface area contributed by atoms with Crippen molar-refractivity contribution < 1.29 is 14.4 Å². The lowest BCUT2D eigenvalue weighted by Crippen LogP contribution is -2.64. The zero-order chi connectivity index (χ0) is 13.6. The Hall–Kier alpha value is -1.44. The summed E-state index contributed by atoms with van der Waals surface area (Å²) in [6.45, 7) is 1.53. The molecule has 2 aliphatic heterocycles. The van der Waals surface area contributed by atoms with Gasteiger partial charge >= 0.3 is 6.03 Å². The topological polar surface area (TPSA) is 73.3 Å². The van der Waals surface area contributed by atoms with Crippen LogP contribution in [0.1, 0.15) is 6.92 Å². The van der Waals surface area contributed by atoms with Gasteiger partial charge in [-0.05, 0) is 22.9 Å². The number of ketones is 1. The molecule has 0 N–H and O–H groups in total. The van der Waals surface area contributed by atoms with Gasteiger partial charge in [0.05, 0.1) is 6.54 Å². The van der Waals surface area contributed by atoms with Crippen LogP contribution in [0.25, 0.3) is 0 Å². The lowest BCUT2D eigenvalue weighted by Gasteiger charge is -2.39. The number of amidine groups is 1. The van der Waals surface area contributed by atoms with Crippen LogP contribution < -0.4 is 0 Å². The van der Waals surface area contributed by atoms with Gasteiger partial charge in [0.1, 0.15) is 5.78 Å². The van der Waals surface area contributed by atoms with E-state index < -0.39 is 18.2 Å². The fourth-order valence-corrected chi connectivity index (χ4v) is 2.69. The smallest absolute Gasteiger partial charge is 0.328 e. The minimum absolute atomic E-state index is 0.0715. The average molecular weight is 317 g/mol. The molecule has 3 amide bonds. The van der Waals surface area contributed by atoms with Crippen molar-refractivity contribution in [1.29, 1.82) is 0 Å². The van der Waals surface area contributed by atoms with E-state index in [1.165, 1.54) is 18.9 Å². The molecule has 0 aromatic rings. The predicted molar refractivity (Wildman–Crippen MR) is 67.3 cm³/mol. The fraction of sp³-hybridized carbons (Fsp3) is 0.600. The van der Waals surface area contributed by atoms with Gasteiger partial charge in [0.15, 0.2) is 17.0 Å². The first kappa shape index (κ1) is 13.0. The van der Waals surface area contributed by atoms with Crippen LogP contribution in [0.15, 0.2) is 4.99 Å². The molecule has 0 aliphatic carbocycles. The highest BCUT2D eigenvalue weighted by molar-refractivity contribution is 9.18. The summed E-state index contributed by atoms with van der Waals surface area (Å²) in [7, 11) is 3.01. The Morgan fingerprint density at radius 1 is 1.39 bits per heavy atom. The number of rotatable bonds is 2. The van der Waals surface area contributed by atoms with Crippen LogP contribution in [-0.4, -0.2) is 70.0 Å². The van der Waals surface area contributed by atoms with E-state index >= 15 is 0 Å². The molecule has 0 bridgehead atoms. The third kappa shape index (κ3) is 1.80. The van der Waals surface area contributed by atoms with E-state index in [0.717, 1.165) is 4.90 Å². The molecule has 0 aromatic carbocycles. The minimum Gasteiger partial charge on any atom is -0.328 e. The standard InChI is InChI=1S/C10H13BrN4O3/c1-5(16)4-15-6-7(12-9(15)11)13(2)10(18)14(3)8(6)17/h6-7H,4H2,1-3H3. The van der Waals surface area contributed by atoms with Crippen LogP contribution in [0.2, 0.25) is 0 Å². The van der Waals surface area contributed by atoms with Gasteiger partial charge in [0.25, 0.3) is 5.91 Å². The highest BCUT2D eigenvalue weighted by Gasteiger charge is 2.50. The van der Waals surface area contributed by atoms with E-state index in [2.05, 4.69) is 20.9 Å². The number of urea groups is 1. The maximum Gasteiger partial charge on any atom is 0.328 e. The fourth-order valence-electron chi connectivity index (χ4n) is 2.13. The second-order valence-electron chi connectivity index (χ2n) is 4.38. The van der Waals surface area contributed by atoms with Crippen LogP contribution in [0.5, 0.6) is 0 Å². The summed E-state index contributed by atoms with van der Waals surface area (Å²) >= 11 is 3.23. The molecule has 8 heteroatoms. The van der Waals surface area contributed by atoms with Crippen molar-refractivity contribution in [2.45, 2.75) is 19.1 Å². The molecule has 0 aromatic heterocycles. The molecule has 1 saturated heterocycles. The molecule has 18 heavy (non-hydrogen) atoms. The number of amides is 3. The molecule has 0 saturated carbocycles. The first-order valence-electron chi connectivity index (χ1n) is 5.38.